The molecule has 0 radical (unpaired) electrons. The van der Waals surface area contributed by atoms with Crippen LogP contribution in [0.4, 0.5) is 5.69 Å². The van der Waals surface area contributed by atoms with E-state index in [0.29, 0.717) is 17.9 Å². The summed E-state index contributed by atoms with van der Waals surface area (Å²) in [5, 5.41) is 11.9. The highest BCUT2D eigenvalue weighted by Gasteiger charge is 2.14. The van der Waals surface area contributed by atoms with Crippen molar-refractivity contribution in [3.05, 3.63) is 59.2 Å². The third kappa shape index (κ3) is 4.32. The predicted molar refractivity (Wildman–Crippen MR) is 88.3 cm³/mol. The van der Waals surface area contributed by atoms with Crippen molar-refractivity contribution in [3.8, 4) is 5.75 Å². The lowest BCUT2D eigenvalue weighted by Gasteiger charge is -2.10. The van der Waals surface area contributed by atoms with Crippen LogP contribution in [0.15, 0.2) is 42.5 Å². The summed E-state index contributed by atoms with van der Waals surface area (Å²) in [5.41, 5.74) is 1.57. The molecule has 5 nitrogen and oxygen atoms in total. The molecule has 0 unspecified atom stereocenters. The van der Waals surface area contributed by atoms with Crippen LogP contribution >= 0.6 is 0 Å². The maximum Gasteiger partial charge on any atom is 0.337 e. The number of anilines is 1. The molecule has 2 aromatic carbocycles. The molecule has 0 saturated carbocycles. The summed E-state index contributed by atoms with van der Waals surface area (Å²) in [6.07, 6.45) is 0.877. The molecule has 0 fully saturated rings. The van der Waals surface area contributed by atoms with Crippen LogP contribution < -0.4 is 10.1 Å². The standard InChI is InChI=1S/C18H19NO4/c1-3-9-23-14-6-4-5-13(11-14)17(20)19-16-8-7-12(2)10-15(16)18(21)22/h4-8,10-11H,3,9H2,1-2H3,(H,19,20)(H,21,22). The van der Waals surface area contributed by atoms with Gasteiger partial charge < -0.3 is 15.2 Å². The summed E-state index contributed by atoms with van der Waals surface area (Å²) >= 11 is 0. The Balaban J connectivity index is 2.21. The van der Waals surface area contributed by atoms with Crippen molar-refractivity contribution in [3.63, 3.8) is 0 Å². The first-order chi connectivity index (χ1) is 11.0. The fraction of sp³-hybridized carbons (Fsp3) is 0.222. The summed E-state index contributed by atoms with van der Waals surface area (Å²) in [4.78, 5) is 23.6. The Kier molecular flexibility index (Phi) is 5.36. The molecule has 0 atom stereocenters. The first kappa shape index (κ1) is 16.5. The molecular weight excluding hydrogens is 294 g/mol. The van der Waals surface area contributed by atoms with Gasteiger partial charge in [0.25, 0.3) is 5.91 Å². The number of amides is 1. The lowest BCUT2D eigenvalue weighted by atomic mass is 10.1. The number of hydrogen-bond acceptors (Lipinski definition) is 3. The molecule has 0 heterocycles. The molecular formula is C18H19NO4. The van der Waals surface area contributed by atoms with Crippen LogP contribution in [0, 0.1) is 6.92 Å². The number of carbonyl (C=O) groups excluding carboxylic acids is 1. The monoisotopic (exact) mass is 313 g/mol. The average Bonchev–Trinajstić information content (AvgIpc) is 2.54. The summed E-state index contributed by atoms with van der Waals surface area (Å²) in [6.45, 7) is 4.38. The van der Waals surface area contributed by atoms with E-state index in [9.17, 15) is 14.7 Å². The molecule has 0 aliphatic heterocycles. The van der Waals surface area contributed by atoms with E-state index in [1.165, 1.54) is 6.07 Å². The van der Waals surface area contributed by atoms with Gasteiger partial charge in [0.05, 0.1) is 17.9 Å². The van der Waals surface area contributed by atoms with Gasteiger partial charge in [-0.3, -0.25) is 4.79 Å². The second-order valence-electron chi connectivity index (χ2n) is 5.18. The molecule has 2 rings (SSSR count). The van der Waals surface area contributed by atoms with Crippen molar-refractivity contribution in [2.75, 3.05) is 11.9 Å². The fourth-order valence-electron chi connectivity index (χ4n) is 2.09. The number of carboxylic acid groups (broad SMARTS) is 1. The summed E-state index contributed by atoms with van der Waals surface area (Å²) in [6, 6.07) is 11.7. The van der Waals surface area contributed by atoms with Gasteiger partial charge in [-0.15, -0.1) is 0 Å². The van der Waals surface area contributed by atoms with Crippen molar-refractivity contribution < 1.29 is 19.4 Å². The molecule has 0 aromatic heterocycles. The Morgan fingerprint density at radius 2 is 1.96 bits per heavy atom. The third-order valence-corrected chi connectivity index (χ3v) is 3.22. The van der Waals surface area contributed by atoms with Crippen LogP contribution in [-0.2, 0) is 0 Å². The Morgan fingerprint density at radius 1 is 1.17 bits per heavy atom. The van der Waals surface area contributed by atoms with Gasteiger partial charge in [-0.1, -0.05) is 24.6 Å². The number of ether oxygens (including phenoxy) is 1. The van der Waals surface area contributed by atoms with Gasteiger partial charge in [0.15, 0.2) is 0 Å². The molecule has 120 valence electrons. The zero-order chi connectivity index (χ0) is 16.8. The minimum atomic E-state index is -1.08. The van der Waals surface area contributed by atoms with E-state index in [1.54, 1.807) is 43.3 Å². The van der Waals surface area contributed by atoms with Crippen LogP contribution in [0.5, 0.6) is 5.75 Å². The Morgan fingerprint density at radius 3 is 2.65 bits per heavy atom. The smallest absolute Gasteiger partial charge is 0.337 e. The first-order valence-electron chi connectivity index (χ1n) is 7.39. The molecule has 1 amide bonds. The molecule has 5 heteroatoms. The number of rotatable bonds is 6. The van der Waals surface area contributed by atoms with Gasteiger partial charge in [0.1, 0.15) is 5.75 Å². The maximum absolute atomic E-state index is 12.3. The molecule has 2 aromatic rings. The van der Waals surface area contributed by atoms with E-state index in [4.69, 9.17) is 4.74 Å². The summed E-state index contributed by atoms with van der Waals surface area (Å²) < 4.78 is 5.50. The highest BCUT2D eigenvalue weighted by Crippen LogP contribution is 2.20. The Bertz CT molecular complexity index is 725. The number of carboxylic acids is 1. The number of nitrogens with one attached hydrogen (secondary N) is 1. The van der Waals surface area contributed by atoms with Gasteiger partial charge in [-0.2, -0.15) is 0 Å². The zero-order valence-electron chi connectivity index (χ0n) is 13.1. The van der Waals surface area contributed by atoms with Crippen LogP contribution in [0.1, 0.15) is 39.6 Å². The van der Waals surface area contributed by atoms with Gasteiger partial charge in [0.2, 0.25) is 0 Å². The quantitative estimate of drug-likeness (QED) is 0.852. The van der Waals surface area contributed by atoms with Crippen molar-refractivity contribution in [1.29, 1.82) is 0 Å². The second kappa shape index (κ2) is 7.45. The van der Waals surface area contributed by atoms with E-state index in [2.05, 4.69) is 5.32 Å². The molecule has 0 aliphatic rings. The molecule has 0 spiro atoms. The minimum absolute atomic E-state index is 0.0664. The van der Waals surface area contributed by atoms with E-state index in [1.807, 2.05) is 6.92 Å². The highest BCUT2D eigenvalue weighted by molar-refractivity contribution is 6.07. The number of aromatic carboxylic acids is 1. The largest absolute Gasteiger partial charge is 0.494 e. The van der Waals surface area contributed by atoms with Gasteiger partial charge in [-0.05, 0) is 43.7 Å². The number of carbonyl (C=O) groups is 2. The number of benzene rings is 2. The van der Waals surface area contributed by atoms with Gasteiger partial charge in [-0.25, -0.2) is 4.79 Å². The van der Waals surface area contributed by atoms with Crippen molar-refractivity contribution in [2.45, 2.75) is 20.3 Å². The van der Waals surface area contributed by atoms with E-state index < -0.39 is 5.97 Å². The van der Waals surface area contributed by atoms with Crippen LogP contribution in [0.25, 0.3) is 0 Å². The zero-order valence-corrected chi connectivity index (χ0v) is 13.1. The molecule has 2 N–H and O–H groups in total. The second-order valence-corrected chi connectivity index (χ2v) is 5.18. The minimum Gasteiger partial charge on any atom is -0.494 e. The van der Waals surface area contributed by atoms with Crippen LogP contribution in [0.2, 0.25) is 0 Å². The Hall–Kier alpha value is -2.82. The van der Waals surface area contributed by atoms with Gasteiger partial charge in [0, 0.05) is 5.56 Å². The Labute approximate surface area is 134 Å². The third-order valence-electron chi connectivity index (χ3n) is 3.22. The maximum atomic E-state index is 12.3. The van der Waals surface area contributed by atoms with E-state index in [-0.39, 0.29) is 17.2 Å². The number of aryl methyl sites for hydroxylation is 1. The van der Waals surface area contributed by atoms with Crippen LogP contribution in [0.3, 0.4) is 0 Å². The van der Waals surface area contributed by atoms with E-state index in [0.717, 1.165) is 12.0 Å². The van der Waals surface area contributed by atoms with Crippen LogP contribution in [-0.4, -0.2) is 23.6 Å². The molecule has 0 bridgehead atoms. The lowest BCUT2D eigenvalue weighted by Crippen LogP contribution is -2.15. The molecule has 0 saturated heterocycles. The lowest BCUT2D eigenvalue weighted by molar-refractivity contribution is 0.0698. The average molecular weight is 313 g/mol. The van der Waals surface area contributed by atoms with E-state index >= 15 is 0 Å². The normalized spacial score (nSPS) is 10.2. The van der Waals surface area contributed by atoms with Crippen molar-refractivity contribution >= 4 is 17.6 Å². The molecule has 23 heavy (non-hydrogen) atoms. The topological polar surface area (TPSA) is 75.6 Å². The predicted octanol–water partition coefficient (Wildman–Crippen LogP) is 3.73. The molecule has 0 aliphatic carbocycles. The number of hydrogen-bond donors (Lipinski definition) is 2. The van der Waals surface area contributed by atoms with Crippen molar-refractivity contribution in [1.82, 2.24) is 0 Å². The van der Waals surface area contributed by atoms with Crippen molar-refractivity contribution in [2.24, 2.45) is 0 Å². The van der Waals surface area contributed by atoms with Gasteiger partial charge >= 0.3 is 5.97 Å². The SMILES string of the molecule is CCCOc1cccc(C(=O)Nc2ccc(C)cc2C(=O)O)c1. The fourth-order valence-corrected chi connectivity index (χ4v) is 2.09. The summed E-state index contributed by atoms with van der Waals surface area (Å²) in [5.74, 6) is -0.843. The summed E-state index contributed by atoms with van der Waals surface area (Å²) in [7, 11) is 0. The highest BCUT2D eigenvalue weighted by atomic mass is 16.5. The first-order valence-corrected chi connectivity index (χ1v) is 7.39.